The lowest BCUT2D eigenvalue weighted by molar-refractivity contribution is 0.0965. The summed E-state index contributed by atoms with van der Waals surface area (Å²) in [6.07, 6.45) is 3.77. The molecule has 2 atom stereocenters. The summed E-state index contributed by atoms with van der Waals surface area (Å²) in [7, 11) is 0. The fourth-order valence-corrected chi connectivity index (χ4v) is 2.17. The van der Waals surface area contributed by atoms with Gasteiger partial charge in [-0.2, -0.15) is 0 Å². The molecule has 0 saturated carbocycles. The van der Waals surface area contributed by atoms with Gasteiger partial charge in [0, 0.05) is 18.4 Å². The number of nitrogens with zero attached hydrogens (tertiary/aromatic N) is 2. The third-order valence-corrected chi connectivity index (χ3v) is 3.33. The van der Waals surface area contributed by atoms with Crippen LogP contribution < -0.4 is 10.6 Å². The van der Waals surface area contributed by atoms with Crippen LogP contribution in [0.4, 0.5) is 10.7 Å². The minimum atomic E-state index is -0.966. The van der Waals surface area contributed by atoms with Crippen LogP contribution in [0.3, 0.4) is 0 Å². The van der Waals surface area contributed by atoms with E-state index in [1.54, 1.807) is 6.20 Å². The SMILES string of the molecule is CC1CCc2nc(NC(=O)NCC(O)CO)ncc2C1. The summed E-state index contributed by atoms with van der Waals surface area (Å²) in [4.78, 5) is 20.0. The van der Waals surface area contributed by atoms with Crippen LogP contribution in [-0.4, -0.2) is 45.5 Å². The molecule has 0 fully saturated rings. The van der Waals surface area contributed by atoms with Gasteiger partial charge in [0.1, 0.15) is 0 Å². The van der Waals surface area contributed by atoms with Crippen LogP contribution in [0.2, 0.25) is 0 Å². The van der Waals surface area contributed by atoms with E-state index in [0.717, 1.165) is 30.5 Å². The van der Waals surface area contributed by atoms with E-state index < -0.39 is 18.7 Å². The molecule has 0 bridgehead atoms. The van der Waals surface area contributed by atoms with Crippen molar-refractivity contribution in [1.29, 1.82) is 0 Å². The lowest BCUT2D eigenvalue weighted by atomic mass is 9.89. The Morgan fingerprint density at radius 3 is 3.15 bits per heavy atom. The van der Waals surface area contributed by atoms with Crippen LogP contribution in [0.25, 0.3) is 0 Å². The number of carbonyl (C=O) groups excluding carboxylic acids is 1. The Labute approximate surface area is 117 Å². The lowest BCUT2D eigenvalue weighted by Crippen LogP contribution is -2.37. The van der Waals surface area contributed by atoms with Gasteiger partial charge in [0.25, 0.3) is 0 Å². The summed E-state index contributed by atoms with van der Waals surface area (Å²) in [5.74, 6) is 0.905. The molecule has 0 saturated heterocycles. The molecular formula is C13H20N4O3. The zero-order valence-electron chi connectivity index (χ0n) is 11.5. The van der Waals surface area contributed by atoms with E-state index in [0.29, 0.717) is 5.92 Å². The second kappa shape index (κ2) is 6.62. The first-order valence-corrected chi connectivity index (χ1v) is 6.77. The predicted octanol–water partition coefficient (Wildman–Crippen LogP) is 0.0761. The Kier molecular flexibility index (Phi) is 4.86. The number of nitrogens with one attached hydrogen (secondary N) is 2. The molecule has 0 spiro atoms. The topological polar surface area (TPSA) is 107 Å². The fraction of sp³-hybridized carbons (Fsp3) is 0.615. The van der Waals surface area contributed by atoms with Gasteiger partial charge in [-0.05, 0) is 30.7 Å². The standard InChI is InChI=1S/C13H20N4O3/c1-8-2-3-11-9(4-8)5-14-12(16-11)17-13(20)15-6-10(19)7-18/h5,8,10,18-19H,2-4,6-7H2,1H3,(H2,14,15,16,17,20). The van der Waals surface area contributed by atoms with Gasteiger partial charge in [0.15, 0.2) is 0 Å². The largest absolute Gasteiger partial charge is 0.394 e. The molecule has 0 aromatic carbocycles. The van der Waals surface area contributed by atoms with Crippen LogP contribution in [0.1, 0.15) is 24.6 Å². The van der Waals surface area contributed by atoms with Gasteiger partial charge in [0.2, 0.25) is 5.95 Å². The van der Waals surface area contributed by atoms with E-state index in [-0.39, 0.29) is 12.5 Å². The lowest BCUT2D eigenvalue weighted by Gasteiger charge is -2.20. The zero-order valence-corrected chi connectivity index (χ0v) is 11.5. The van der Waals surface area contributed by atoms with Crippen LogP contribution in [-0.2, 0) is 12.8 Å². The first-order valence-electron chi connectivity index (χ1n) is 6.77. The van der Waals surface area contributed by atoms with Crippen molar-refractivity contribution in [1.82, 2.24) is 15.3 Å². The number of carbonyl (C=O) groups is 1. The van der Waals surface area contributed by atoms with E-state index in [4.69, 9.17) is 10.2 Å². The second-order valence-corrected chi connectivity index (χ2v) is 5.18. The van der Waals surface area contributed by atoms with Crippen LogP contribution >= 0.6 is 0 Å². The molecule has 0 aliphatic heterocycles. The van der Waals surface area contributed by atoms with Gasteiger partial charge in [-0.1, -0.05) is 6.92 Å². The Morgan fingerprint density at radius 1 is 1.60 bits per heavy atom. The highest BCUT2D eigenvalue weighted by Crippen LogP contribution is 2.23. The molecule has 1 aromatic heterocycles. The Bertz CT molecular complexity index is 481. The molecule has 4 N–H and O–H groups in total. The average molecular weight is 280 g/mol. The van der Waals surface area contributed by atoms with Crippen LogP contribution in [0.5, 0.6) is 0 Å². The smallest absolute Gasteiger partial charge is 0.321 e. The van der Waals surface area contributed by atoms with Crippen molar-refractivity contribution in [3.8, 4) is 0 Å². The molecule has 1 aliphatic carbocycles. The number of aliphatic hydroxyl groups is 2. The molecule has 1 aromatic rings. The average Bonchev–Trinajstić information content (AvgIpc) is 2.45. The fourth-order valence-electron chi connectivity index (χ4n) is 2.17. The van der Waals surface area contributed by atoms with E-state index in [1.807, 2.05) is 0 Å². The molecule has 1 heterocycles. The van der Waals surface area contributed by atoms with Gasteiger partial charge in [-0.15, -0.1) is 0 Å². The third kappa shape index (κ3) is 3.88. The molecule has 110 valence electrons. The number of rotatable bonds is 4. The normalized spacial score (nSPS) is 19.1. The minimum Gasteiger partial charge on any atom is -0.394 e. The van der Waals surface area contributed by atoms with E-state index in [9.17, 15) is 4.79 Å². The molecule has 0 radical (unpaired) electrons. The van der Waals surface area contributed by atoms with Crippen molar-refractivity contribution in [3.05, 3.63) is 17.5 Å². The summed E-state index contributed by atoms with van der Waals surface area (Å²) in [6, 6.07) is -0.498. The van der Waals surface area contributed by atoms with Crippen LogP contribution in [0.15, 0.2) is 6.20 Å². The predicted molar refractivity (Wildman–Crippen MR) is 73.3 cm³/mol. The maximum absolute atomic E-state index is 11.6. The van der Waals surface area contributed by atoms with Crippen molar-refractivity contribution in [2.24, 2.45) is 5.92 Å². The Balaban J connectivity index is 1.92. The highest BCUT2D eigenvalue weighted by molar-refractivity contribution is 5.87. The Hall–Kier alpha value is -1.73. The number of amides is 2. The van der Waals surface area contributed by atoms with E-state index in [1.165, 1.54) is 0 Å². The van der Waals surface area contributed by atoms with E-state index in [2.05, 4.69) is 27.5 Å². The molecule has 2 unspecified atom stereocenters. The van der Waals surface area contributed by atoms with Gasteiger partial charge >= 0.3 is 6.03 Å². The van der Waals surface area contributed by atoms with E-state index >= 15 is 0 Å². The number of hydrogen-bond acceptors (Lipinski definition) is 5. The molecule has 20 heavy (non-hydrogen) atoms. The number of fused-ring (bicyclic) bond motifs is 1. The van der Waals surface area contributed by atoms with Gasteiger partial charge in [-0.3, -0.25) is 5.32 Å². The number of anilines is 1. The first-order chi connectivity index (χ1) is 9.58. The summed E-state index contributed by atoms with van der Waals surface area (Å²) >= 11 is 0. The van der Waals surface area contributed by atoms with Crippen molar-refractivity contribution in [3.63, 3.8) is 0 Å². The second-order valence-electron chi connectivity index (χ2n) is 5.18. The van der Waals surface area contributed by atoms with Crippen molar-refractivity contribution >= 4 is 12.0 Å². The summed E-state index contributed by atoms with van der Waals surface area (Å²) < 4.78 is 0. The maximum Gasteiger partial charge on any atom is 0.321 e. The van der Waals surface area contributed by atoms with Crippen molar-refractivity contribution < 1.29 is 15.0 Å². The number of aromatic nitrogens is 2. The summed E-state index contributed by atoms with van der Waals surface area (Å²) in [5, 5.41) is 22.7. The molecule has 7 nitrogen and oxygen atoms in total. The molecular weight excluding hydrogens is 260 g/mol. The summed E-state index contributed by atoms with van der Waals surface area (Å²) in [5.41, 5.74) is 2.13. The van der Waals surface area contributed by atoms with Gasteiger partial charge in [0.05, 0.1) is 12.7 Å². The highest BCUT2D eigenvalue weighted by Gasteiger charge is 2.17. The Morgan fingerprint density at radius 2 is 2.40 bits per heavy atom. The van der Waals surface area contributed by atoms with Gasteiger partial charge < -0.3 is 15.5 Å². The first kappa shape index (κ1) is 14.7. The van der Waals surface area contributed by atoms with Crippen molar-refractivity contribution in [2.45, 2.75) is 32.3 Å². The number of urea groups is 1. The van der Waals surface area contributed by atoms with Crippen molar-refractivity contribution in [2.75, 3.05) is 18.5 Å². The third-order valence-electron chi connectivity index (χ3n) is 3.33. The molecule has 2 amide bonds. The van der Waals surface area contributed by atoms with Crippen LogP contribution in [0, 0.1) is 5.92 Å². The maximum atomic E-state index is 11.6. The number of aliphatic hydroxyl groups excluding tert-OH is 2. The quantitative estimate of drug-likeness (QED) is 0.624. The minimum absolute atomic E-state index is 0.0230. The summed E-state index contributed by atoms with van der Waals surface area (Å²) in [6.45, 7) is 1.79. The number of hydrogen-bond donors (Lipinski definition) is 4. The zero-order chi connectivity index (χ0) is 14.5. The number of aryl methyl sites for hydroxylation is 1. The highest BCUT2D eigenvalue weighted by atomic mass is 16.3. The monoisotopic (exact) mass is 280 g/mol. The molecule has 7 heteroatoms. The van der Waals surface area contributed by atoms with Gasteiger partial charge in [-0.25, -0.2) is 14.8 Å². The molecule has 2 rings (SSSR count). The molecule has 1 aliphatic rings.